The predicted molar refractivity (Wildman–Crippen MR) is 103 cm³/mol. The average molecular weight is 331 g/mol. The van der Waals surface area contributed by atoms with E-state index in [4.69, 9.17) is 9.73 Å². The van der Waals surface area contributed by atoms with Gasteiger partial charge in [-0.1, -0.05) is 35.4 Å². The summed E-state index contributed by atoms with van der Waals surface area (Å²) in [5.74, 6) is 1.77. The summed E-state index contributed by atoms with van der Waals surface area (Å²) in [6, 6.07) is 24.7. The fourth-order valence-electron chi connectivity index (χ4n) is 2.52. The van der Waals surface area contributed by atoms with Crippen molar-refractivity contribution in [3.8, 4) is 5.75 Å². The van der Waals surface area contributed by atoms with E-state index in [1.165, 1.54) is 11.1 Å². The van der Waals surface area contributed by atoms with Crippen LogP contribution in [-0.2, 0) is 0 Å². The zero-order chi connectivity index (χ0) is 17.6. The van der Waals surface area contributed by atoms with Gasteiger partial charge in [0.1, 0.15) is 11.4 Å². The molecule has 3 heteroatoms. The molecule has 0 fully saturated rings. The van der Waals surface area contributed by atoms with Gasteiger partial charge in [-0.2, -0.15) is 4.99 Å². The van der Waals surface area contributed by atoms with Crippen molar-refractivity contribution < 1.29 is 10.1 Å². The standard InChI is InChI=1S/C22H22N2O/c1-16-4-10-19(11-5-16)23-22(18-8-14-21(25-3)15-9-18)24-20-12-6-17(2)7-13-20/h4-15H,1-3H3,(H,23,24)/p+1. The predicted octanol–water partition coefficient (Wildman–Crippen LogP) is 4.29. The minimum atomic E-state index is 0.841. The lowest BCUT2D eigenvalue weighted by Crippen LogP contribution is -2.82. The highest BCUT2D eigenvalue weighted by molar-refractivity contribution is 5.94. The van der Waals surface area contributed by atoms with E-state index in [1.807, 2.05) is 36.4 Å². The summed E-state index contributed by atoms with van der Waals surface area (Å²) >= 11 is 0. The van der Waals surface area contributed by atoms with Crippen LogP contribution >= 0.6 is 0 Å². The van der Waals surface area contributed by atoms with E-state index in [1.54, 1.807) is 7.11 Å². The summed E-state index contributed by atoms with van der Waals surface area (Å²) in [6.45, 7) is 4.17. The van der Waals surface area contributed by atoms with Crippen LogP contribution in [0.25, 0.3) is 0 Å². The quantitative estimate of drug-likeness (QED) is 0.432. The molecule has 0 saturated heterocycles. The number of hydrogen-bond donors (Lipinski definition) is 1. The SMILES string of the molecule is COc1ccc(C(=Nc2ccc(C)cc2)[NH2+]c2ccc(C)cc2)cc1. The van der Waals surface area contributed by atoms with Crippen LogP contribution in [0.15, 0.2) is 77.8 Å². The summed E-state index contributed by atoms with van der Waals surface area (Å²) in [7, 11) is 1.68. The zero-order valence-corrected chi connectivity index (χ0v) is 14.9. The maximum absolute atomic E-state index is 5.26. The number of rotatable bonds is 4. The molecule has 0 bridgehead atoms. The number of quaternary nitrogens is 1. The number of nitrogens with two attached hydrogens (primary N) is 1. The van der Waals surface area contributed by atoms with Crippen molar-refractivity contribution in [1.82, 2.24) is 0 Å². The molecule has 0 radical (unpaired) electrons. The van der Waals surface area contributed by atoms with Crippen molar-refractivity contribution in [2.24, 2.45) is 4.99 Å². The molecule has 3 aromatic rings. The second-order valence-electron chi connectivity index (χ2n) is 6.12. The molecule has 25 heavy (non-hydrogen) atoms. The molecule has 0 aliphatic rings. The zero-order valence-electron chi connectivity index (χ0n) is 14.9. The van der Waals surface area contributed by atoms with Gasteiger partial charge in [-0.3, -0.25) is 5.32 Å². The Morgan fingerprint density at radius 3 is 1.88 bits per heavy atom. The van der Waals surface area contributed by atoms with Gasteiger partial charge in [-0.15, -0.1) is 0 Å². The number of aliphatic imine (C=N–C) groups is 1. The molecular formula is C22H23N2O+. The Morgan fingerprint density at radius 1 is 0.760 bits per heavy atom. The third kappa shape index (κ3) is 4.55. The van der Waals surface area contributed by atoms with Crippen molar-refractivity contribution in [2.75, 3.05) is 7.11 Å². The number of benzene rings is 3. The van der Waals surface area contributed by atoms with Crippen molar-refractivity contribution >= 4 is 17.2 Å². The molecule has 3 nitrogen and oxygen atoms in total. The number of ether oxygens (including phenoxy) is 1. The first-order chi connectivity index (χ1) is 12.1. The van der Waals surface area contributed by atoms with Crippen LogP contribution in [0.4, 0.5) is 11.4 Å². The van der Waals surface area contributed by atoms with Crippen LogP contribution in [0.1, 0.15) is 16.7 Å². The maximum Gasteiger partial charge on any atom is 0.237 e. The van der Waals surface area contributed by atoms with Gasteiger partial charge in [0.15, 0.2) is 0 Å². The van der Waals surface area contributed by atoms with Crippen LogP contribution in [0.2, 0.25) is 0 Å². The smallest absolute Gasteiger partial charge is 0.237 e. The third-order valence-corrected chi connectivity index (χ3v) is 4.05. The molecule has 0 atom stereocenters. The summed E-state index contributed by atoms with van der Waals surface area (Å²) in [4.78, 5) is 4.86. The summed E-state index contributed by atoms with van der Waals surface area (Å²) in [5, 5.41) is 2.11. The molecular weight excluding hydrogens is 308 g/mol. The minimum Gasteiger partial charge on any atom is -0.497 e. The van der Waals surface area contributed by atoms with Gasteiger partial charge in [0.2, 0.25) is 5.84 Å². The molecule has 2 N–H and O–H groups in total. The summed E-state index contributed by atoms with van der Waals surface area (Å²) < 4.78 is 5.26. The second-order valence-corrected chi connectivity index (χ2v) is 6.12. The van der Waals surface area contributed by atoms with Gasteiger partial charge in [0, 0.05) is 0 Å². The first-order valence-electron chi connectivity index (χ1n) is 8.35. The fraction of sp³-hybridized carbons (Fsp3) is 0.136. The van der Waals surface area contributed by atoms with Crippen LogP contribution in [0.3, 0.4) is 0 Å². The number of aryl methyl sites for hydroxylation is 2. The lowest BCUT2D eigenvalue weighted by atomic mass is 10.1. The Kier molecular flexibility index (Phi) is 5.26. The first-order valence-corrected chi connectivity index (χ1v) is 8.35. The van der Waals surface area contributed by atoms with E-state index in [0.29, 0.717) is 0 Å². The average Bonchev–Trinajstić information content (AvgIpc) is 2.65. The van der Waals surface area contributed by atoms with E-state index < -0.39 is 0 Å². The van der Waals surface area contributed by atoms with E-state index in [2.05, 4.69) is 55.6 Å². The normalized spacial score (nSPS) is 11.4. The molecule has 3 aromatic carbocycles. The van der Waals surface area contributed by atoms with Crippen molar-refractivity contribution in [2.45, 2.75) is 13.8 Å². The third-order valence-electron chi connectivity index (χ3n) is 4.05. The van der Waals surface area contributed by atoms with Gasteiger partial charge in [-0.05, 0) is 62.4 Å². The molecule has 0 saturated carbocycles. The van der Waals surface area contributed by atoms with Gasteiger partial charge < -0.3 is 4.74 Å². The lowest BCUT2D eigenvalue weighted by molar-refractivity contribution is -0.442. The molecule has 0 heterocycles. The lowest BCUT2D eigenvalue weighted by Gasteiger charge is -2.07. The van der Waals surface area contributed by atoms with Crippen LogP contribution < -0.4 is 10.1 Å². The van der Waals surface area contributed by atoms with Crippen LogP contribution in [-0.4, -0.2) is 12.9 Å². The van der Waals surface area contributed by atoms with Gasteiger partial charge in [0.25, 0.3) is 0 Å². The highest BCUT2D eigenvalue weighted by Crippen LogP contribution is 2.16. The van der Waals surface area contributed by atoms with Crippen LogP contribution in [0.5, 0.6) is 5.75 Å². The monoisotopic (exact) mass is 331 g/mol. The molecule has 3 rings (SSSR count). The summed E-state index contributed by atoms with van der Waals surface area (Å²) in [6.07, 6.45) is 0. The topological polar surface area (TPSA) is 38.2 Å². The Hall–Kier alpha value is -2.91. The van der Waals surface area contributed by atoms with Crippen molar-refractivity contribution in [3.63, 3.8) is 0 Å². The molecule has 0 aromatic heterocycles. The Labute approximate surface area is 149 Å². The van der Waals surface area contributed by atoms with Crippen molar-refractivity contribution in [1.29, 1.82) is 0 Å². The van der Waals surface area contributed by atoms with Gasteiger partial charge >= 0.3 is 0 Å². The minimum absolute atomic E-state index is 0.841. The number of nitrogens with zero attached hydrogens (tertiary/aromatic N) is 1. The molecule has 0 spiro atoms. The second kappa shape index (κ2) is 7.77. The molecule has 0 unspecified atom stereocenters. The highest BCUT2D eigenvalue weighted by atomic mass is 16.5. The van der Waals surface area contributed by atoms with E-state index in [0.717, 1.165) is 28.5 Å². The van der Waals surface area contributed by atoms with E-state index in [9.17, 15) is 0 Å². The van der Waals surface area contributed by atoms with Gasteiger partial charge in [-0.25, -0.2) is 0 Å². The van der Waals surface area contributed by atoms with E-state index >= 15 is 0 Å². The molecule has 0 aliphatic carbocycles. The van der Waals surface area contributed by atoms with Gasteiger partial charge in [0.05, 0.1) is 18.4 Å². The molecule has 126 valence electrons. The Morgan fingerprint density at radius 2 is 1.32 bits per heavy atom. The molecule has 0 aliphatic heterocycles. The number of amidine groups is 1. The van der Waals surface area contributed by atoms with Crippen molar-refractivity contribution in [3.05, 3.63) is 89.5 Å². The van der Waals surface area contributed by atoms with E-state index in [-0.39, 0.29) is 0 Å². The Balaban J connectivity index is 1.97. The number of hydrogen-bond acceptors (Lipinski definition) is 2. The largest absolute Gasteiger partial charge is 0.497 e. The first kappa shape index (κ1) is 16.9. The number of methoxy groups -OCH3 is 1. The van der Waals surface area contributed by atoms with Crippen LogP contribution in [0, 0.1) is 13.8 Å². The Bertz CT molecular complexity index is 848. The maximum atomic E-state index is 5.26. The fourth-order valence-corrected chi connectivity index (χ4v) is 2.52. The molecule has 0 amide bonds. The highest BCUT2D eigenvalue weighted by Gasteiger charge is 2.11. The summed E-state index contributed by atoms with van der Waals surface area (Å²) in [5.41, 5.74) is 5.61.